The molecule has 0 aromatic heterocycles. The number of amides is 2. The second-order valence-electron chi connectivity index (χ2n) is 7.06. The summed E-state index contributed by atoms with van der Waals surface area (Å²) in [5.74, 6) is 0.388. The molecule has 1 atom stereocenters. The molecule has 130 valence electrons. The molecule has 6 nitrogen and oxygen atoms in total. The first-order valence-electron chi connectivity index (χ1n) is 9.01. The molecule has 2 heterocycles. The molecule has 2 aliphatic heterocycles. The van der Waals surface area contributed by atoms with Crippen molar-refractivity contribution in [2.75, 3.05) is 46.4 Å². The Labute approximate surface area is 138 Å². The van der Waals surface area contributed by atoms with Crippen molar-refractivity contribution in [3.8, 4) is 0 Å². The predicted octanol–water partition coefficient (Wildman–Crippen LogP) is 0.472. The van der Waals surface area contributed by atoms with Crippen molar-refractivity contribution in [2.45, 2.75) is 38.1 Å². The van der Waals surface area contributed by atoms with Crippen LogP contribution in [0.15, 0.2) is 0 Å². The van der Waals surface area contributed by atoms with Gasteiger partial charge in [0.1, 0.15) is 0 Å². The van der Waals surface area contributed by atoms with Gasteiger partial charge in [-0.1, -0.05) is 6.42 Å². The predicted molar refractivity (Wildman–Crippen MR) is 86.9 cm³/mol. The maximum absolute atomic E-state index is 12.6. The third kappa shape index (κ3) is 3.86. The number of ether oxygens (including phenoxy) is 1. The average Bonchev–Trinajstić information content (AvgIpc) is 2.76. The van der Waals surface area contributed by atoms with Crippen LogP contribution in [0.5, 0.6) is 0 Å². The zero-order chi connectivity index (χ0) is 16.2. The number of nitrogens with one attached hydrogen (secondary N) is 1. The largest absolute Gasteiger partial charge is 0.381 e. The van der Waals surface area contributed by atoms with Crippen LogP contribution in [0.2, 0.25) is 0 Å². The van der Waals surface area contributed by atoms with Crippen LogP contribution >= 0.6 is 0 Å². The van der Waals surface area contributed by atoms with E-state index in [4.69, 9.17) is 4.74 Å². The molecule has 2 saturated heterocycles. The number of hydrogen-bond acceptors (Lipinski definition) is 4. The Hall–Kier alpha value is -1.14. The van der Waals surface area contributed by atoms with Crippen molar-refractivity contribution in [1.82, 2.24) is 15.1 Å². The van der Waals surface area contributed by atoms with E-state index in [0.717, 1.165) is 65.0 Å². The van der Waals surface area contributed by atoms with Crippen LogP contribution in [0.3, 0.4) is 0 Å². The van der Waals surface area contributed by atoms with Gasteiger partial charge >= 0.3 is 0 Å². The molecule has 1 unspecified atom stereocenters. The molecule has 1 aliphatic carbocycles. The van der Waals surface area contributed by atoms with Gasteiger partial charge < -0.3 is 15.0 Å². The van der Waals surface area contributed by atoms with Gasteiger partial charge in [0.2, 0.25) is 11.8 Å². The summed E-state index contributed by atoms with van der Waals surface area (Å²) in [6.07, 6.45) is 5.25. The van der Waals surface area contributed by atoms with E-state index in [0.29, 0.717) is 12.6 Å². The first kappa shape index (κ1) is 16.7. The van der Waals surface area contributed by atoms with E-state index in [2.05, 4.69) is 10.2 Å². The Morgan fingerprint density at radius 1 is 1.00 bits per heavy atom. The van der Waals surface area contributed by atoms with Gasteiger partial charge in [0.15, 0.2) is 0 Å². The Kier molecular flexibility index (Phi) is 5.54. The Morgan fingerprint density at radius 3 is 2.35 bits per heavy atom. The minimum Gasteiger partial charge on any atom is -0.381 e. The molecular formula is C17H29N3O3. The molecule has 3 rings (SSSR count). The second-order valence-corrected chi connectivity index (χ2v) is 7.06. The number of carbonyl (C=O) groups is 2. The maximum Gasteiger partial charge on any atom is 0.225 e. The van der Waals surface area contributed by atoms with Crippen molar-refractivity contribution < 1.29 is 14.3 Å². The molecule has 1 N–H and O–H groups in total. The van der Waals surface area contributed by atoms with Crippen molar-refractivity contribution in [2.24, 2.45) is 11.8 Å². The quantitative estimate of drug-likeness (QED) is 0.820. The van der Waals surface area contributed by atoms with Crippen LogP contribution in [0.1, 0.15) is 32.1 Å². The van der Waals surface area contributed by atoms with Crippen LogP contribution < -0.4 is 5.32 Å². The molecule has 3 aliphatic rings. The first-order chi connectivity index (χ1) is 11.2. The fourth-order valence-corrected chi connectivity index (χ4v) is 3.90. The van der Waals surface area contributed by atoms with Crippen molar-refractivity contribution in [3.05, 3.63) is 0 Å². The summed E-state index contributed by atoms with van der Waals surface area (Å²) in [5, 5.41) is 2.77. The highest BCUT2D eigenvalue weighted by Crippen LogP contribution is 2.29. The van der Waals surface area contributed by atoms with Crippen molar-refractivity contribution in [1.29, 1.82) is 0 Å². The molecule has 1 saturated carbocycles. The average molecular weight is 323 g/mol. The summed E-state index contributed by atoms with van der Waals surface area (Å²) in [6, 6.07) is 0.481. The number of nitrogens with zero attached hydrogens (tertiary/aromatic N) is 2. The molecule has 23 heavy (non-hydrogen) atoms. The molecule has 0 radical (unpaired) electrons. The normalized spacial score (nSPS) is 28.0. The molecule has 0 aromatic carbocycles. The lowest BCUT2D eigenvalue weighted by molar-refractivity contribution is -0.139. The van der Waals surface area contributed by atoms with E-state index in [1.54, 1.807) is 7.05 Å². The van der Waals surface area contributed by atoms with Gasteiger partial charge in [-0.2, -0.15) is 0 Å². The zero-order valence-corrected chi connectivity index (χ0v) is 14.1. The molecule has 3 fully saturated rings. The first-order valence-corrected chi connectivity index (χ1v) is 9.01. The molecular weight excluding hydrogens is 294 g/mol. The lowest BCUT2D eigenvalue weighted by Crippen LogP contribution is -2.45. The van der Waals surface area contributed by atoms with Crippen molar-refractivity contribution in [3.63, 3.8) is 0 Å². The van der Waals surface area contributed by atoms with E-state index in [1.807, 2.05) is 4.90 Å². The van der Waals surface area contributed by atoms with Gasteiger partial charge in [0.05, 0.1) is 5.92 Å². The molecule has 0 bridgehead atoms. The molecule has 0 spiro atoms. The van der Waals surface area contributed by atoms with Crippen molar-refractivity contribution >= 4 is 11.8 Å². The van der Waals surface area contributed by atoms with Gasteiger partial charge in [0.25, 0.3) is 0 Å². The van der Waals surface area contributed by atoms with Gasteiger partial charge in [0, 0.05) is 58.4 Å². The monoisotopic (exact) mass is 323 g/mol. The highest BCUT2D eigenvalue weighted by atomic mass is 16.5. The number of hydrogen-bond donors (Lipinski definition) is 1. The fraction of sp³-hybridized carbons (Fsp3) is 0.882. The topological polar surface area (TPSA) is 61.9 Å². The van der Waals surface area contributed by atoms with E-state index in [9.17, 15) is 9.59 Å². The molecule has 6 heteroatoms. The Morgan fingerprint density at radius 2 is 1.74 bits per heavy atom. The molecule has 2 amide bonds. The standard InChI is InChI=1S/C17H29N3O3/c1-18-16(21)14-11-19(15-5-9-23-10-6-15)7-8-20(12-14)17(22)13-3-2-4-13/h13-15H,2-12H2,1H3,(H,18,21). The lowest BCUT2D eigenvalue weighted by atomic mass is 9.84. The van der Waals surface area contributed by atoms with Crippen LogP contribution in [-0.4, -0.2) is 74.1 Å². The van der Waals surface area contributed by atoms with Crippen LogP contribution in [-0.2, 0) is 14.3 Å². The highest BCUT2D eigenvalue weighted by molar-refractivity contribution is 5.82. The molecule has 0 aromatic rings. The van der Waals surface area contributed by atoms with E-state index in [-0.39, 0.29) is 23.7 Å². The SMILES string of the molecule is CNC(=O)C1CN(C(=O)C2CCC2)CCN(C2CCOCC2)C1. The van der Waals surface area contributed by atoms with Gasteiger partial charge in [-0.05, 0) is 25.7 Å². The smallest absolute Gasteiger partial charge is 0.225 e. The minimum absolute atomic E-state index is 0.0513. The fourth-order valence-electron chi connectivity index (χ4n) is 3.90. The van der Waals surface area contributed by atoms with E-state index in [1.165, 1.54) is 0 Å². The van der Waals surface area contributed by atoms with Gasteiger partial charge in [-0.3, -0.25) is 14.5 Å². The van der Waals surface area contributed by atoms with E-state index < -0.39 is 0 Å². The lowest BCUT2D eigenvalue weighted by Gasteiger charge is -2.34. The third-order valence-electron chi connectivity index (χ3n) is 5.64. The Balaban J connectivity index is 1.68. The summed E-state index contributed by atoms with van der Waals surface area (Å²) in [4.78, 5) is 29.3. The van der Waals surface area contributed by atoms with Gasteiger partial charge in [-0.25, -0.2) is 0 Å². The van der Waals surface area contributed by atoms with E-state index >= 15 is 0 Å². The summed E-state index contributed by atoms with van der Waals surface area (Å²) < 4.78 is 5.46. The third-order valence-corrected chi connectivity index (χ3v) is 5.64. The second kappa shape index (κ2) is 7.62. The van der Waals surface area contributed by atoms with Gasteiger partial charge in [-0.15, -0.1) is 0 Å². The summed E-state index contributed by atoms with van der Waals surface area (Å²) in [6.45, 7) is 4.54. The summed E-state index contributed by atoms with van der Waals surface area (Å²) in [5.41, 5.74) is 0. The highest BCUT2D eigenvalue weighted by Gasteiger charge is 2.36. The number of rotatable bonds is 3. The maximum atomic E-state index is 12.6. The van der Waals surface area contributed by atoms with Crippen LogP contribution in [0.4, 0.5) is 0 Å². The van der Waals surface area contributed by atoms with Crippen LogP contribution in [0.25, 0.3) is 0 Å². The summed E-state index contributed by atoms with van der Waals surface area (Å²) in [7, 11) is 1.68. The minimum atomic E-state index is -0.130. The Bertz CT molecular complexity index is 433. The zero-order valence-electron chi connectivity index (χ0n) is 14.1. The summed E-state index contributed by atoms with van der Waals surface area (Å²) >= 11 is 0. The number of carbonyl (C=O) groups excluding carboxylic acids is 2. The van der Waals surface area contributed by atoms with Crippen LogP contribution in [0, 0.1) is 11.8 Å².